The summed E-state index contributed by atoms with van der Waals surface area (Å²) in [5, 5.41) is 5.61. The Hall–Kier alpha value is -3.83. The number of anilines is 1. The number of nitrogens with zero attached hydrogens (tertiary/aromatic N) is 3. The number of amides is 2. The topological polar surface area (TPSA) is 102 Å². The number of ether oxygens (including phenoxy) is 1. The summed E-state index contributed by atoms with van der Waals surface area (Å²) in [4.78, 5) is 40.2. The van der Waals surface area contributed by atoms with Crippen LogP contribution in [0.25, 0.3) is 11.3 Å². The Bertz CT molecular complexity index is 1380. The van der Waals surface area contributed by atoms with Crippen molar-refractivity contribution in [1.29, 1.82) is 0 Å². The molecule has 0 saturated carbocycles. The molecule has 39 heavy (non-hydrogen) atoms. The van der Waals surface area contributed by atoms with Gasteiger partial charge in [0, 0.05) is 24.8 Å². The lowest BCUT2D eigenvalue weighted by atomic mass is 10.1. The highest BCUT2D eigenvalue weighted by molar-refractivity contribution is 6.34. The molecule has 3 rings (SSSR count). The van der Waals surface area contributed by atoms with Crippen molar-refractivity contribution in [3.05, 3.63) is 64.6 Å². The fourth-order valence-electron chi connectivity index (χ4n) is 3.98. The largest absolute Gasteiger partial charge is 0.494 e. The molecule has 2 aromatic carbocycles. The highest BCUT2D eigenvalue weighted by Crippen LogP contribution is 2.30. The van der Waals surface area contributed by atoms with E-state index in [0.717, 1.165) is 25.7 Å². The van der Waals surface area contributed by atoms with Gasteiger partial charge in [0.1, 0.15) is 6.54 Å². The van der Waals surface area contributed by atoms with E-state index < -0.39 is 17.5 Å². The Morgan fingerprint density at radius 1 is 1.13 bits per heavy atom. The quantitative estimate of drug-likeness (QED) is 0.197. The van der Waals surface area contributed by atoms with Gasteiger partial charge in [-0.25, -0.2) is 9.37 Å². The molecular formula is C27H31ClF2N5O4+. The van der Waals surface area contributed by atoms with Gasteiger partial charge < -0.3 is 24.4 Å². The minimum atomic E-state index is -1.14. The number of hydrogen-bond acceptors (Lipinski definition) is 5. The van der Waals surface area contributed by atoms with Crippen LogP contribution in [0.4, 0.5) is 14.5 Å². The summed E-state index contributed by atoms with van der Waals surface area (Å²) in [6, 6.07) is 7.09. The molecule has 0 saturated heterocycles. The minimum absolute atomic E-state index is 0.0477. The molecule has 0 fully saturated rings. The van der Waals surface area contributed by atoms with Gasteiger partial charge in [-0.2, -0.15) is 4.39 Å². The van der Waals surface area contributed by atoms with Crippen molar-refractivity contribution in [2.24, 2.45) is 7.05 Å². The molecule has 0 radical (unpaired) electrons. The number of carbonyl (C=O) groups is 3. The molecule has 0 unspecified atom stereocenters. The standard InChI is InChI=1S/C27H30ClF2N5O4/c1-34-21(19-9-10-22(39-4)24(30)23(19)29)16-32-25(34)27(38)33-17-7-8-18(20(28)15-17)26(37)31-11-5-6-12-35(2,3)13-14-36/h7-10,14-16H,5-6,11-13H2,1-4H3,(H-,31,33,37,38)/p+1. The first kappa shape index (κ1) is 29.7. The van der Waals surface area contributed by atoms with Crippen LogP contribution in [0.5, 0.6) is 5.75 Å². The molecule has 1 aromatic heterocycles. The van der Waals surface area contributed by atoms with Gasteiger partial charge in [-0.05, 0) is 43.2 Å². The van der Waals surface area contributed by atoms with Crippen LogP contribution in [0.2, 0.25) is 5.02 Å². The number of rotatable bonds is 12. The zero-order valence-electron chi connectivity index (χ0n) is 22.2. The molecule has 0 spiro atoms. The van der Waals surface area contributed by atoms with Crippen LogP contribution in [0, 0.1) is 11.6 Å². The summed E-state index contributed by atoms with van der Waals surface area (Å²) in [6.45, 7) is 1.70. The lowest BCUT2D eigenvalue weighted by Gasteiger charge is -2.27. The van der Waals surface area contributed by atoms with Crippen molar-refractivity contribution in [1.82, 2.24) is 14.9 Å². The van der Waals surface area contributed by atoms with Crippen LogP contribution >= 0.6 is 11.6 Å². The third-order valence-electron chi connectivity index (χ3n) is 6.25. The molecule has 2 amide bonds. The second-order valence-corrected chi connectivity index (χ2v) is 10.00. The second-order valence-electron chi connectivity index (χ2n) is 9.59. The normalized spacial score (nSPS) is 11.3. The second kappa shape index (κ2) is 12.8. The molecule has 0 aliphatic carbocycles. The number of unbranched alkanes of at least 4 members (excludes halogenated alkanes) is 1. The van der Waals surface area contributed by atoms with Gasteiger partial charge in [0.15, 0.2) is 23.7 Å². The Balaban J connectivity index is 1.62. The van der Waals surface area contributed by atoms with Crippen molar-refractivity contribution in [2.45, 2.75) is 12.8 Å². The number of halogens is 3. The molecule has 208 valence electrons. The number of likely N-dealkylation sites (N-methyl/N-ethyl adjacent to an activating group) is 1. The van der Waals surface area contributed by atoms with Crippen LogP contribution in [0.3, 0.4) is 0 Å². The van der Waals surface area contributed by atoms with E-state index in [1.165, 1.54) is 55.3 Å². The lowest BCUT2D eigenvalue weighted by molar-refractivity contribution is -0.881. The number of methoxy groups -OCH3 is 1. The summed E-state index contributed by atoms with van der Waals surface area (Å²) in [5.74, 6) is -3.50. The average molecular weight is 563 g/mol. The monoisotopic (exact) mass is 562 g/mol. The van der Waals surface area contributed by atoms with Gasteiger partial charge >= 0.3 is 0 Å². The third kappa shape index (κ3) is 7.18. The maximum absolute atomic E-state index is 14.6. The van der Waals surface area contributed by atoms with E-state index in [-0.39, 0.29) is 39.3 Å². The van der Waals surface area contributed by atoms with Crippen LogP contribution < -0.4 is 15.4 Å². The molecule has 0 atom stereocenters. The van der Waals surface area contributed by atoms with Crippen molar-refractivity contribution >= 4 is 35.4 Å². The van der Waals surface area contributed by atoms with Crippen molar-refractivity contribution < 1.29 is 32.4 Å². The minimum Gasteiger partial charge on any atom is -0.494 e. The number of aldehydes is 1. The predicted molar refractivity (Wildman–Crippen MR) is 144 cm³/mol. The summed E-state index contributed by atoms with van der Waals surface area (Å²) in [5.41, 5.74) is 0.686. The van der Waals surface area contributed by atoms with Gasteiger partial charge in [-0.1, -0.05) is 11.6 Å². The fourth-order valence-corrected chi connectivity index (χ4v) is 4.24. The molecule has 0 aliphatic rings. The Kier molecular flexibility index (Phi) is 9.76. The van der Waals surface area contributed by atoms with E-state index in [4.69, 9.17) is 16.3 Å². The molecule has 1 heterocycles. The van der Waals surface area contributed by atoms with Gasteiger partial charge in [0.25, 0.3) is 11.8 Å². The van der Waals surface area contributed by atoms with Crippen molar-refractivity contribution in [3.8, 4) is 17.0 Å². The molecule has 12 heteroatoms. The third-order valence-corrected chi connectivity index (χ3v) is 6.56. The van der Waals surface area contributed by atoms with Crippen LogP contribution in [0.15, 0.2) is 36.5 Å². The fraction of sp³-hybridized carbons (Fsp3) is 0.333. The summed E-state index contributed by atoms with van der Waals surface area (Å²) >= 11 is 6.30. The van der Waals surface area contributed by atoms with E-state index in [9.17, 15) is 23.2 Å². The molecule has 3 aromatic rings. The Morgan fingerprint density at radius 3 is 2.54 bits per heavy atom. The van der Waals surface area contributed by atoms with E-state index >= 15 is 0 Å². The molecule has 0 aliphatic heterocycles. The highest BCUT2D eigenvalue weighted by atomic mass is 35.5. The lowest BCUT2D eigenvalue weighted by Crippen LogP contribution is -2.42. The van der Waals surface area contributed by atoms with Gasteiger partial charge in [-0.3, -0.25) is 14.4 Å². The van der Waals surface area contributed by atoms with Gasteiger partial charge in [0.05, 0.1) is 50.2 Å². The van der Waals surface area contributed by atoms with Crippen LogP contribution in [-0.2, 0) is 11.8 Å². The number of aromatic nitrogens is 2. The number of benzene rings is 2. The number of carbonyl (C=O) groups excluding carboxylic acids is 3. The smallest absolute Gasteiger partial charge is 0.291 e. The van der Waals surface area contributed by atoms with Crippen molar-refractivity contribution in [2.75, 3.05) is 46.2 Å². The van der Waals surface area contributed by atoms with Crippen LogP contribution in [0.1, 0.15) is 33.8 Å². The first-order chi connectivity index (χ1) is 18.5. The SMILES string of the molecule is COc1ccc(-c2cnc(C(=O)Nc3ccc(C(=O)NCCCC[N+](C)(C)CC=O)c(Cl)c3)n2C)c(F)c1F. The molecule has 0 bridgehead atoms. The summed E-state index contributed by atoms with van der Waals surface area (Å²) in [7, 11) is 6.68. The predicted octanol–water partition coefficient (Wildman–Crippen LogP) is 4.06. The summed E-state index contributed by atoms with van der Waals surface area (Å²) < 4.78 is 35.4. The van der Waals surface area contributed by atoms with Gasteiger partial charge in [-0.15, -0.1) is 0 Å². The molecule has 2 N–H and O–H groups in total. The van der Waals surface area contributed by atoms with E-state index in [1.807, 2.05) is 14.1 Å². The highest BCUT2D eigenvalue weighted by Gasteiger charge is 2.22. The Morgan fingerprint density at radius 2 is 1.87 bits per heavy atom. The number of imidazole rings is 1. The maximum Gasteiger partial charge on any atom is 0.291 e. The first-order valence-electron chi connectivity index (χ1n) is 12.2. The molecule has 9 nitrogen and oxygen atoms in total. The molecular weight excluding hydrogens is 532 g/mol. The number of hydrogen-bond donors (Lipinski definition) is 2. The van der Waals surface area contributed by atoms with E-state index in [0.29, 0.717) is 23.3 Å². The first-order valence-corrected chi connectivity index (χ1v) is 12.6. The average Bonchev–Trinajstić information content (AvgIpc) is 3.26. The van der Waals surface area contributed by atoms with E-state index in [1.54, 1.807) is 0 Å². The van der Waals surface area contributed by atoms with Crippen molar-refractivity contribution in [3.63, 3.8) is 0 Å². The maximum atomic E-state index is 14.6. The zero-order valence-corrected chi connectivity index (χ0v) is 22.9. The zero-order chi connectivity index (χ0) is 28.7. The van der Waals surface area contributed by atoms with Crippen LogP contribution in [-0.4, -0.2) is 73.0 Å². The number of nitrogens with one attached hydrogen (secondary N) is 2. The summed E-state index contributed by atoms with van der Waals surface area (Å²) in [6.07, 6.45) is 3.75. The Labute approximate surface area is 230 Å². The van der Waals surface area contributed by atoms with E-state index in [2.05, 4.69) is 15.6 Å². The van der Waals surface area contributed by atoms with Gasteiger partial charge in [0.2, 0.25) is 5.82 Å². The number of quaternary nitrogens is 1.